The monoisotopic (exact) mass is 358 g/mol. The fraction of sp³-hybridized carbons (Fsp3) is 0.421. The number of nitrogens with zero attached hydrogens (tertiary/aromatic N) is 2. The summed E-state index contributed by atoms with van der Waals surface area (Å²) in [6.45, 7) is 24.4. The molecular formula is C19H35ClN2S. The lowest BCUT2D eigenvalue weighted by atomic mass is 10.1. The van der Waals surface area contributed by atoms with E-state index in [-0.39, 0.29) is 13.0 Å². The summed E-state index contributed by atoms with van der Waals surface area (Å²) in [6, 6.07) is 0. The highest BCUT2D eigenvalue weighted by Crippen LogP contribution is 2.25. The van der Waals surface area contributed by atoms with Gasteiger partial charge in [0.15, 0.2) is 0 Å². The van der Waals surface area contributed by atoms with Crippen LogP contribution in [0.25, 0.3) is 0 Å². The molecule has 4 heteroatoms. The molecule has 0 N–H and O–H groups in total. The largest absolute Gasteiger partial charge is 0.260 e. The molecule has 0 saturated carbocycles. The molecule has 0 spiro atoms. The Kier molecular flexibility index (Phi) is 24.4. The van der Waals surface area contributed by atoms with Gasteiger partial charge in [-0.1, -0.05) is 83.3 Å². The van der Waals surface area contributed by atoms with Crippen molar-refractivity contribution in [3.05, 3.63) is 60.2 Å². The fourth-order valence-corrected chi connectivity index (χ4v) is 1.26. The van der Waals surface area contributed by atoms with Crippen molar-refractivity contribution in [2.75, 3.05) is 0 Å². The summed E-state index contributed by atoms with van der Waals surface area (Å²) in [5.41, 5.74) is 0.412. The molecule has 0 aromatic carbocycles. The van der Waals surface area contributed by atoms with E-state index in [1.54, 1.807) is 17.2 Å². The number of halogens is 1. The highest BCUT2D eigenvalue weighted by atomic mass is 35.5. The van der Waals surface area contributed by atoms with Crippen molar-refractivity contribution in [1.29, 1.82) is 0 Å². The summed E-state index contributed by atoms with van der Waals surface area (Å²) >= 11 is 9.79. The van der Waals surface area contributed by atoms with Crippen LogP contribution >= 0.6 is 24.2 Å². The Morgan fingerprint density at radius 3 is 1.70 bits per heavy atom. The predicted octanol–water partition coefficient (Wildman–Crippen LogP) is 7.19. The Bertz CT molecular complexity index is 381. The minimum Gasteiger partial charge on any atom is -0.260 e. The third-order valence-corrected chi connectivity index (χ3v) is 2.54. The Morgan fingerprint density at radius 1 is 1.17 bits per heavy atom. The van der Waals surface area contributed by atoms with Crippen LogP contribution in [0.3, 0.4) is 0 Å². The van der Waals surface area contributed by atoms with Gasteiger partial charge in [0.1, 0.15) is 0 Å². The van der Waals surface area contributed by atoms with Crippen molar-refractivity contribution < 1.29 is 0 Å². The smallest absolute Gasteiger partial charge is 0.0719 e. The highest BCUT2D eigenvalue weighted by molar-refractivity contribution is 7.83. The van der Waals surface area contributed by atoms with E-state index in [0.717, 1.165) is 0 Å². The van der Waals surface area contributed by atoms with E-state index in [1.165, 1.54) is 11.8 Å². The molecule has 0 aliphatic rings. The van der Waals surface area contributed by atoms with Crippen LogP contribution in [-0.2, 0) is 0 Å². The number of thiol groups is 1. The molecule has 0 unspecified atom stereocenters. The first-order chi connectivity index (χ1) is 10.2. The van der Waals surface area contributed by atoms with Crippen molar-refractivity contribution >= 4 is 30.9 Å². The van der Waals surface area contributed by atoms with E-state index in [4.69, 9.17) is 11.6 Å². The van der Waals surface area contributed by atoms with E-state index >= 15 is 0 Å². The van der Waals surface area contributed by atoms with Gasteiger partial charge >= 0.3 is 0 Å². The molecule has 0 atom stereocenters. The van der Waals surface area contributed by atoms with Gasteiger partial charge < -0.3 is 0 Å². The maximum atomic E-state index is 5.85. The molecule has 0 aliphatic carbocycles. The van der Waals surface area contributed by atoms with Gasteiger partial charge in [0, 0.05) is 6.72 Å². The molecule has 23 heavy (non-hydrogen) atoms. The van der Waals surface area contributed by atoms with Crippen molar-refractivity contribution in [1.82, 2.24) is 5.01 Å². The van der Waals surface area contributed by atoms with Gasteiger partial charge in [-0.2, -0.15) is 5.10 Å². The van der Waals surface area contributed by atoms with Gasteiger partial charge in [-0.3, -0.25) is 5.01 Å². The standard InChI is InChI=1S/C9H15ClN2S.C6H8.C3H8.CH4/c1-7(8(10)6-13)12(11-5)9(2,3)4;1-3-5-6-4-2;1-3-2;/h6,13H,1,5H2,2-4H3;3-6H,1-2H2;3H2,1-2H3;1H4/b8-6-;6-5-;;. The lowest BCUT2D eigenvalue weighted by Gasteiger charge is -2.33. The topological polar surface area (TPSA) is 15.6 Å². The van der Waals surface area contributed by atoms with Gasteiger partial charge in [0.25, 0.3) is 0 Å². The first-order valence-electron chi connectivity index (χ1n) is 7.03. The molecule has 0 rings (SSSR count). The van der Waals surface area contributed by atoms with Gasteiger partial charge in [-0.25, -0.2) is 0 Å². The first-order valence-corrected chi connectivity index (χ1v) is 7.93. The van der Waals surface area contributed by atoms with Gasteiger partial charge in [-0.15, -0.1) is 12.6 Å². The average Bonchev–Trinajstić information content (AvgIpc) is 2.44. The summed E-state index contributed by atoms with van der Waals surface area (Å²) < 4.78 is 0. The molecule has 0 bridgehead atoms. The molecule has 0 radical (unpaired) electrons. The minimum absolute atomic E-state index is 0. The van der Waals surface area contributed by atoms with E-state index in [0.29, 0.717) is 10.7 Å². The molecular weight excluding hydrogens is 324 g/mol. The molecule has 0 saturated heterocycles. The molecule has 0 aromatic rings. The van der Waals surface area contributed by atoms with Crippen molar-refractivity contribution in [2.45, 2.75) is 54.0 Å². The van der Waals surface area contributed by atoms with E-state index in [2.05, 4.69) is 58.0 Å². The zero-order valence-electron chi connectivity index (χ0n) is 14.6. The molecule has 0 heterocycles. The lowest BCUT2D eigenvalue weighted by molar-refractivity contribution is 0.201. The second kappa shape index (κ2) is 18.9. The van der Waals surface area contributed by atoms with Gasteiger partial charge in [0.05, 0.1) is 16.3 Å². The number of allylic oxidation sites excluding steroid dienone is 5. The molecule has 0 aliphatic heterocycles. The van der Waals surface area contributed by atoms with Crippen LogP contribution in [-0.4, -0.2) is 17.3 Å². The second-order valence-electron chi connectivity index (χ2n) is 5.11. The fourth-order valence-electron chi connectivity index (χ4n) is 1.04. The van der Waals surface area contributed by atoms with E-state index < -0.39 is 0 Å². The number of rotatable bonds is 5. The number of hydrogen-bond donors (Lipinski definition) is 1. The summed E-state index contributed by atoms with van der Waals surface area (Å²) in [6.07, 6.45) is 8.32. The van der Waals surface area contributed by atoms with Crippen LogP contribution in [0.1, 0.15) is 48.5 Å². The maximum Gasteiger partial charge on any atom is 0.0719 e. The molecule has 0 amide bonds. The van der Waals surface area contributed by atoms with Crippen LogP contribution in [0.4, 0.5) is 0 Å². The number of hydrogen-bond acceptors (Lipinski definition) is 3. The molecule has 2 nitrogen and oxygen atoms in total. The molecule has 0 aromatic heterocycles. The van der Waals surface area contributed by atoms with Crippen LogP contribution < -0.4 is 0 Å². The van der Waals surface area contributed by atoms with Crippen molar-refractivity contribution in [3.63, 3.8) is 0 Å². The predicted molar refractivity (Wildman–Crippen MR) is 115 cm³/mol. The zero-order chi connectivity index (χ0) is 18.2. The zero-order valence-corrected chi connectivity index (χ0v) is 16.3. The Balaban J connectivity index is -0.000000151. The summed E-state index contributed by atoms with van der Waals surface area (Å²) in [4.78, 5) is 0. The van der Waals surface area contributed by atoms with E-state index in [9.17, 15) is 0 Å². The Morgan fingerprint density at radius 2 is 1.52 bits per heavy atom. The second-order valence-corrected chi connectivity index (χ2v) is 5.78. The Labute approximate surface area is 155 Å². The van der Waals surface area contributed by atoms with E-state index in [1.807, 2.05) is 32.9 Å². The third-order valence-electron chi connectivity index (χ3n) is 1.80. The van der Waals surface area contributed by atoms with Crippen LogP contribution in [0.5, 0.6) is 0 Å². The normalized spacial score (nSPS) is 10.1. The van der Waals surface area contributed by atoms with Gasteiger partial charge in [0.2, 0.25) is 0 Å². The lowest BCUT2D eigenvalue weighted by Crippen LogP contribution is -2.36. The SMILES string of the molecule is C.C=C/C=C\C=C.C=NN(C(=C)/C(Cl)=C/S)C(C)(C)C.CCC. The molecule has 134 valence electrons. The first kappa shape index (κ1) is 29.8. The average molecular weight is 359 g/mol. The summed E-state index contributed by atoms with van der Waals surface area (Å²) in [5.74, 6) is 0. The third kappa shape index (κ3) is 18.8. The van der Waals surface area contributed by atoms with Gasteiger partial charge in [-0.05, 0) is 26.2 Å². The van der Waals surface area contributed by atoms with Crippen LogP contribution in [0.2, 0.25) is 0 Å². The quantitative estimate of drug-likeness (QED) is 0.238. The number of hydrazone groups is 1. The Hall–Kier alpha value is -1.19. The van der Waals surface area contributed by atoms with Crippen LogP contribution in [0, 0.1) is 0 Å². The summed E-state index contributed by atoms with van der Waals surface area (Å²) in [7, 11) is 0. The van der Waals surface area contributed by atoms with Crippen molar-refractivity contribution in [2.24, 2.45) is 5.10 Å². The highest BCUT2D eigenvalue weighted by Gasteiger charge is 2.22. The van der Waals surface area contributed by atoms with Crippen LogP contribution in [0.15, 0.2) is 65.3 Å². The summed E-state index contributed by atoms with van der Waals surface area (Å²) in [5, 5.41) is 7.45. The minimum atomic E-state index is -0.185. The molecule has 0 fully saturated rings. The van der Waals surface area contributed by atoms with Crippen molar-refractivity contribution in [3.8, 4) is 0 Å². The maximum absolute atomic E-state index is 5.85.